The molecule has 0 aliphatic carbocycles. The van der Waals surface area contributed by atoms with Crippen LogP contribution in [0.25, 0.3) is 0 Å². The minimum atomic E-state index is -1.57. The number of phenolic OH excluding ortho intramolecular Hbond substituents is 1. The molecule has 6 nitrogen and oxygen atoms in total. The Bertz CT molecular complexity index is 536. The van der Waals surface area contributed by atoms with Crippen LogP contribution in [-0.4, -0.2) is 39.7 Å². The quantitative estimate of drug-likeness (QED) is 0.660. The van der Waals surface area contributed by atoms with E-state index >= 15 is 0 Å². The molecule has 0 aliphatic heterocycles. The van der Waals surface area contributed by atoms with Crippen molar-refractivity contribution in [1.29, 1.82) is 0 Å². The van der Waals surface area contributed by atoms with Crippen LogP contribution in [0.3, 0.4) is 0 Å². The average Bonchev–Trinajstić information content (AvgIpc) is 2.41. The van der Waals surface area contributed by atoms with Crippen molar-refractivity contribution in [3.05, 3.63) is 29.3 Å². The summed E-state index contributed by atoms with van der Waals surface area (Å²) < 4.78 is 31.4. The maximum Gasteiger partial charge on any atom is 0.407 e. The van der Waals surface area contributed by atoms with E-state index in [4.69, 9.17) is 9.84 Å². The normalized spacial score (nSPS) is 14.2. The molecule has 0 fully saturated rings. The van der Waals surface area contributed by atoms with Crippen LogP contribution in [0.5, 0.6) is 5.75 Å². The molecule has 0 aliphatic rings. The lowest BCUT2D eigenvalue weighted by Gasteiger charge is -2.21. The van der Waals surface area contributed by atoms with Crippen LogP contribution < -0.4 is 5.32 Å². The third kappa shape index (κ3) is 5.99. The van der Waals surface area contributed by atoms with Gasteiger partial charge in [0.2, 0.25) is 0 Å². The van der Waals surface area contributed by atoms with Gasteiger partial charge in [0.15, 0.2) is 17.4 Å². The fourth-order valence-corrected chi connectivity index (χ4v) is 1.77. The summed E-state index contributed by atoms with van der Waals surface area (Å²) in [5, 5.41) is 31.1. The second-order valence-corrected chi connectivity index (χ2v) is 6.06. The minimum Gasteiger partial charge on any atom is -0.503 e. The molecule has 1 aromatic carbocycles. The molecule has 1 rings (SSSR count). The van der Waals surface area contributed by atoms with Gasteiger partial charge in [-0.15, -0.1) is 0 Å². The first-order valence-electron chi connectivity index (χ1n) is 7.02. The van der Waals surface area contributed by atoms with E-state index in [0.717, 1.165) is 12.1 Å². The molecule has 4 N–H and O–H groups in total. The summed E-state index contributed by atoms with van der Waals surface area (Å²) in [6.07, 6.45) is -3.68. The molecule has 0 heterocycles. The molecule has 0 saturated heterocycles. The van der Waals surface area contributed by atoms with Crippen LogP contribution in [-0.2, 0) is 4.74 Å². The van der Waals surface area contributed by atoms with Gasteiger partial charge < -0.3 is 25.4 Å². The van der Waals surface area contributed by atoms with E-state index in [0.29, 0.717) is 0 Å². The number of phenols is 1. The second kappa shape index (κ2) is 7.56. The zero-order valence-corrected chi connectivity index (χ0v) is 13.1. The molecule has 1 aromatic rings. The van der Waals surface area contributed by atoms with Crippen molar-refractivity contribution in [3.63, 3.8) is 0 Å². The zero-order chi connectivity index (χ0) is 17.8. The molecule has 8 heteroatoms. The smallest absolute Gasteiger partial charge is 0.407 e. The predicted molar refractivity (Wildman–Crippen MR) is 77.8 cm³/mol. The number of amides is 1. The largest absolute Gasteiger partial charge is 0.503 e. The summed E-state index contributed by atoms with van der Waals surface area (Å²) in [7, 11) is 0. The SMILES string of the molecule is CC(C)(C)OC(=O)NCCC(O)C(O)c1cc(F)c(O)c(F)c1. The van der Waals surface area contributed by atoms with Crippen molar-refractivity contribution < 1.29 is 33.6 Å². The Hall–Kier alpha value is -1.93. The van der Waals surface area contributed by atoms with Gasteiger partial charge in [0, 0.05) is 6.54 Å². The molecule has 0 saturated carbocycles. The highest BCUT2D eigenvalue weighted by Crippen LogP contribution is 2.27. The number of benzene rings is 1. The molecule has 2 atom stereocenters. The van der Waals surface area contributed by atoms with Gasteiger partial charge in [0.1, 0.15) is 11.7 Å². The fraction of sp³-hybridized carbons (Fsp3) is 0.533. The molecule has 0 radical (unpaired) electrons. The lowest BCUT2D eigenvalue weighted by atomic mass is 10.0. The highest BCUT2D eigenvalue weighted by atomic mass is 19.1. The lowest BCUT2D eigenvalue weighted by Crippen LogP contribution is -2.34. The van der Waals surface area contributed by atoms with Gasteiger partial charge in [-0.25, -0.2) is 13.6 Å². The molecular weight excluding hydrogens is 312 g/mol. The van der Waals surface area contributed by atoms with E-state index in [1.165, 1.54) is 0 Å². The van der Waals surface area contributed by atoms with E-state index in [-0.39, 0.29) is 18.5 Å². The monoisotopic (exact) mass is 333 g/mol. The molecule has 0 bridgehead atoms. The van der Waals surface area contributed by atoms with Gasteiger partial charge in [-0.3, -0.25) is 0 Å². The van der Waals surface area contributed by atoms with Crippen LogP contribution >= 0.6 is 0 Å². The molecule has 0 aromatic heterocycles. The summed E-state index contributed by atoms with van der Waals surface area (Å²) >= 11 is 0. The minimum absolute atomic E-state index is 0.00378. The van der Waals surface area contributed by atoms with E-state index in [2.05, 4.69) is 5.32 Å². The third-order valence-corrected chi connectivity index (χ3v) is 2.85. The van der Waals surface area contributed by atoms with Crippen molar-refractivity contribution in [2.45, 2.75) is 45.0 Å². The van der Waals surface area contributed by atoms with E-state index < -0.39 is 41.3 Å². The fourth-order valence-electron chi connectivity index (χ4n) is 1.77. The van der Waals surface area contributed by atoms with Crippen LogP contribution in [0.4, 0.5) is 13.6 Å². The molecule has 1 amide bonds. The highest BCUT2D eigenvalue weighted by Gasteiger charge is 2.22. The van der Waals surface area contributed by atoms with E-state index in [1.54, 1.807) is 20.8 Å². The number of carbonyl (C=O) groups is 1. The summed E-state index contributed by atoms with van der Waals surface area (Å²) in [6.45, 7) is 5.08. The number of aliphatic hydroxyl groups excluding tert-OH is 2. The number of aliphatic hydroxyl groups is 2. The van der Waals surface area contributed by atoms with Crippen molar-refractivity contribution >= 4 is 6.09 Å². The molecule has 0 spiro atoms. The van der Waals surface area contributed by atoms with Crippen molar-refractivity contribution in [2.24, 2.45) is 0 Å². The summed E-state index contributed by atoms with van der Waals surface area (Å²) in [6, 6.07) is 1.46. The summed E-state index contributed by atoms with van der Waals surface area (Å²) in [4.78, 5) is 11.4. The van der Waals surface area contributed by atoms with E-state index in [9.17, 15) is 23.8 Å². The molecule has 130 valence electrons. The number of hydrogen-bond donors (Lipinski definition) is 4. The Morgan fingerprint density at radius 1 is 1.26 bits per heavy atom. The molecular formula is C15H21F2NO5. The third-order valence-electron chi connectivity index (χ3n) is 2.85. The summed E-state index contributed by atoms with van der Waals surface area (Å²) in [5.74, 6) is -3.63. The topological polar surface area (TPSA) is 99.0 Å². The zero-order valence-electron chi connectivity index (χ0n) is 13.1. The maximum atomic E-state index is 13.2. The standard InChI is InChI=1S/C15H21F2NO5/c1-15(2,3)23-14(22)18-5-4-11(19)12(20)8-6-9(16)13(21)10(17)7-8/h6-7,11-12,19-21H,4-5H2,1-3H3,(H,18,22). The van der Waals surface area contributed by atoms with E-state index in [1.807, 2.05) is 0 Å². The lowest BCUT2D eigenvalue weighted by molar-refractivity contribution is 0.0119. The first kappa shape index (κ1) is 19.1. The Morgan fingerprint density at radius 2 is 1.78 bits per heavy atom. The van der Waals surface area contributed by atoms with Crippen LogP contribution in [0.1, 0.15) is 38.9 Å². The number of halogens is 2. The van der Waals surface area contributed by atoms with Gasteiger partial charge in [-0.1, -0.05) is 0 Å². The van der Waals surface area contributed by atoms with Gasteiger partial charge in [-0.2, -0.15) is 0 Å². The van der Waals surface area contributed by atoms with Crippen molar-refractivity contribution in [2.75, 3.05) is 6.54 Å². The molecule has 23 heavy (non-hydrogen) atoms. The predicted octanol–water partition coefficient (Wildman–Crippen LogP) is 1.98. The van der Waals surface area contributed by atoms with Crippen molar-refractivity contribution in [1.82, 2.24) is 5.32 Å². The van der Waals surface area contributed by atoms with Gasteiger partial charge >= 0.3 is 6.09 Å². The molecule has 2 unspecified atom stereocenters. The highest BCUT2D eigenvalue weighted by molar-refractivity contribution is 5.67. The first-order valence-corrected chi connectivity index (χ1v) is 7.02. The van der Waals surface area contributed by atoms with Gasteiger partial charge in [0.05, 0.1) is 6.10 Å². The average molecular weight is 333 g/mol. The number of alkyl carbamates (subject to hydrolysis) is 1. The van der Waals surface area contributed by atoms with Crippen LogP contribution in [0.15, 0.2) is 12.1 Å². The number of aromatic hydroxyl groups is 1. The number of carbonyl (C=O) groups excluding carboxylic acids is 1. The second-order valence-electron chi connectivity index (χ2n) is 6.06. The Kier molecular flexibility index (Phi) is 6.28. The first-order chi connectivity index (χ1) is 10.5. The summed E-state index contributed by atoms with van der Waals surface area (Å²) in [5.41, 5.74) is -0.883. The van der Waals surface area contributed by atoms with Gasteiger partial charge in [-0.05, 0) is 44.9 Å². The van der Waals surface area contributed by atoms with Gasteiger partial charge in [0.25, 0.3) is 0 Å². The van der Waals surface area contributed by atoms with Crippen LogP contribution in [0, 0.1) is 11.6 Å². The number of hydrogen-bond acceptors (Lipinski definition) is 5. The van der Waals surface area contributed by atoms with Crippen LogP contribution in [0.2, 0.25) is 0 Å². The number of nitrogens with one attached hydrogen (secondary N) is 1. The number of ether oxygens (including phenoxy) is 1. The Balaban J connectivity index is 2.55. The Morgan fingerprint density at radius 3 is 2.26 bits per heavy atom. The maximum absolute atomic E-state index is 13.2. The van der Waals surface area contributed by atoms with Crippen molar-refractivity contribution in [3.8, 4) is 5.75 Å². The number of rotatable bonds is 5. The Labute approximate surface area is 132 Å².